The zero-order chi connectivity index (χ0) is 13.2. The number of benzene rings is 1. The molecular formula is C15H16N4. The number of hydrogen-bond donors (Lipinski definition) is 2. The number of rotatable bonds is 3. The Kier molecular flexibility index (Phi) is 2.91. The van der Waals surface area contributed by atoms with E-state index in [1.54, 1.807) is 0 Å². The van der Waals surface area contributed by atoms with Crippen LogP contribution in [0, 0.1) is 0 Å². The first kappa shape index (κ1) is 11.7. The summed E-state index contributed by atoms with van der Waals surface area (Å²) in [5, 5.41) is 11.7. The van der Waals surface area contributed by atoms with Crippen molar-refractivity contribution >= 4 is 22.5 Å². The van der Waals surface area contributed by atoms with Crippen molar-refractivity contribution in [2.75, 3.05) is 5.32 Å². The van der Waals surface area contributed by atoms with Crippen LogP contribution < -0.4 is 5.32 Å². The summed E-state index contributed by atoms with van der Waals surface area (Å²) in [6.45, 7) is 4.28. The molecule has 96 valence electrons. The molecule has 0 amide bonds. The molecular weight excluding hydrogens is 236 g/mol. The molecule has 3 rings (SSSR count). The largest absolute Gasteiger partial charge is 0.340 e. The third-order valence-electron chi connectivity index (χ3n) is 3.07. The van der Waals surface area contributed by atoms with E-state index < -0.39 is 0 Å². The maximum Gasteiger partial charge on any atom is 0.183 e. The molecule has 0 spiro atoms. The molecule has 19 heavy (non-hydrogen) atoms. The lowest BCUT2D eigenvalue weighted by atomic mass is 10.1. The number of aromatic amines is 1. The molecule has 0 aliphatic heterocycles. The van der Waals surface area contributed by atoms with Gasteiger partial charge in [0.15, 0.2) is 5.65 Å². The molecule has 3 aromatic rings. The van der Waals surface area contributed by atoms with E-state index in [2.05, 4.69) is 40.4 Å². The second-order valence-corrected chi connectivity index (χ2v) is 4.85. The summed E-state index contributed by atoms with van der Waals surface area (Å²) in [7, 11) is 0. The highest BCUT2D eigenvalue weighted by Gasteiger charge is 2.10. The predicted molar refractivity (Wildman–Crippen MR) is 77.7 cm³/mol. The molecule has 0 saturated carbocycles. The minimum absolute atomic E-state index is 0.416. The predicted octanol–water partition coefficient (Wildman–Crippen LogP) is 3.82. The first-order valence-electron chi connectivity index (χ1n) is 6.41. The topological polar surface area (TPSA) is 53.6 Å². The summed E-state index contributed by atoms with van der Waals surface area (Å²) in [4.78, 5) is 4.52. The van der Waals surface area contributed by atoms with Crippen LogP contribution in [-0.2, 0) is 0 Å². The third-order valence-corrected chi connectivity index (χ3v) is 3.07. The monoisotopic (exact) mass is 252 g/mol. The zero-order valence-corrected chi connectivity index (χ0v) is 11.0. The van der Waals surface area contributed by atoms with Crippen LogP contribution in [0.25, 0.3) is 11.0 Å². The van der Waals surface area contributed by atoms with Gasteiger partial charge in [-0.05, 0) is 30.2 Å². The van der Waals surface area contributed by atoms with E-state index in [9.17, 15) is 0 Å². The number of H-pyrrole nitrogens is 1. The first-order chi connectivity index (χ1) is 9.24. The highest BCUT2D eigenvalue weighted by Crippen LogP contribution is 2.23. The number of para-hydroxylation sites is 1. The molecule has 4 nitrogen and oxygen atoms in total. The molecule has 4 heteroatoms. The van der Waals surface area contributed by atoms with Crippen molar-refractivity contribution in [3.8, 4) is 0 Å². The number of aromatic nitrogens is 3. The maximum absolute atomic E-state index is 4.52. The van der Waals surface area contributed by atoms with Crippen molar-refractivity contribution in [3.63, 3.8) is 0 Å². The van der Waals surface area contributed by atoms with Crippen LogP contribution in [0.2, 0.25) is 0 Å². The van der Waals surface area contributed by atoms with E-state index in [0.717, 1.165) is 28.2 Å². The summed E-state index contributed by atoms with van der Waals surface area (Å²) in [5.74, 6) is 1.22. The minimum atomic E-state index is 0.416. The Labute approximate surface area is 111 Å². The molecule has 2 N–H and O–H groups in total. The summed E-state index contributed by atoms with van der Waals surface area (Å²) < 4.78 is 0. The molecule has 2 heterocycles. The van der Waals surface area contributed by atoms with Crippen LogP contribution in [0.5, 0.6) is 0 Å². The van der Waals surface area contributed by atoms with Crippen molar-refractivity contribution in [2.45, 2.75) is 19.8 Å². The molecule has 0 saturated heterocycles. The van der Waals surface area contributed by atoms with Crippen LogP contribution >= 0.6 is 0 Å². The number of hydrogen-bond acceptors (Lipinski definition) is 3. The normalized spacial score (nSPS) is 11.1. The molecule has 0 radical (unpaired) electrons. The Hall–Kier alpha value is -2.36. The van der Waals surface area contributed by atoms with Gasteiger partial charge in [-0.1, -0.05) is 32.0 Å². The molecule has 0 fully saturated rings. The Morgan fingerprint density at radius 3 is 2.58 bits per heavy atom. The Morgan fingerprint density at radius 1 is 1.05 bits per heavy atom. The van der Waals surface area contributed by atoms with Crippen molar-refractivity contribution < 1.29 is 0 Å². The van der Waals surface area contributed by atoms with Crippen molar-refractivity contribution in [1.82, 2.24) is 15.2 Å². The number of fused-ring (bicyclic) bond motifs is 1. The van der Waals surface area contributed by atoms with E-state index in [-0.39, 0.29) is 0 Å². The molecule has 0 atom stereocenters. The van der Waals surface area contributed by atoms with Crippen LogP contribution in [-0.4, -0.2) is 15.2 Å². The summed E-state index contributed by atoms with van der Waals surface area (Å²) in [5.41, 5.74) is 2.91. The van der Waals surface area contributed by atoms with Gasteiger partial charge >= 0.3 is 0 Å². The average molecular weight is 252 g/mol. The standard InChI is InChI=1S/C15H16N4/c1-10(2)14-12-8-9-13(17-15(12)19-18-14)16-11-6-4-3-5-7-11/h3-10H,1-2H3,(H2,16,17,18,19). The van der Waals surface area contributed by atoms with Gasteiger partial charge < -0.3 is 5.32 Å². The lowest BCUT2D eigenvalue weighted by Gasteiger charge is -2.05. The minimum Gasteiger partial charge on any atom is -0.340 e. The van der Waals surface area contributed by atoms with Gasteiger partial charge in [-0.25, -0.2) is 4.98 Å². The van der Waals surface area contributed by atoms with Gasteiger partial charge in [0.25, 0.3) is 0 Å². The molecule has 0 unspecified atom stereocenters. The van der Waals surface area contributed by atoms with Crippen molar-refractivity contribution in [2.24, 2.45) is 0 Å². The summed E-state index contributed by atoms with van der Waals surface area (Å²) >= 11 is 0. The Bertz CT molecular complexity index is 686. The van der Waals surface area contributed by atoms with Gasteiger partial charge in [0.05, 0.1) is 0 Å². The van der Waals surface area contributed by atoms with E-state index in [0.29, 0.717) is 5.92 Å². The quantitative estimate of drug-likeness (QED) is 0.745. The van der Waals surface area contributed by atoms with Crippen LogP contribution in [0.3, 0.4) is 0 Å². The average Bonchev–Trinajstić information content (AvgIpc) is 2.83. The molecule has 0 bridgehead atoms. The maximum atomic E-state index is 4.52. The second-order valence-electron chi connectivity index (χ2n) is 4.85. The highest BCUT2D eigenvalue weighted by molar-refractivity contribution is 5.80. The molecule has 0 aliphatic carbocycles. The molecule has 2 aromatic heterocycles. The van der Waals surface area contributed by atoms with Gasteiger partial charge in [0.1, 0.15) is 5.82 Å². The highest BCUT2D eigenvalue weighted by atomic mass is 15.2. The number of pyridine rings is 1. The number of nitrogens with one attached hydrogen (secondary N) is 2. The van der Waals surface area contributed by atoms with Crippen LogP contribution in [0.4, 0.5) is 11.5 Å². The molecule has 0 aliphatic rings. The fourth-order valence-electron chi connectivity index (χ4n) is 2.10. The molecule has 1 aromatic carbocycles. The zero-order valence-electron chi connectivity index (χ0n) is 11.0. The number of nitrogens with zero attached hydrogens (tertiary/aromatic N) is 2. The van der Waals surface area contributed by atoms with Gasteiger partial charge in [-0.2, -0.15) is 5.10 Å². The van der Waals surface area contributed by atoms with Gasteiger partial charge in [0.2, 0.25) is 0 Å². The van der Waals surface area contributed by atoms with Crippen LogP contribution in [0.15, 0.2) is 42.5 Å². The first-order valence-corrected chi connectivity index (χ1v) is 6.41. The lowest BCUT2D eigenvalue weighted by Crippen LogP contribution is -1.93. The SMILES string of the molecule is CC(C)c1[nH]nc2nc(Nc3ccccc3)ccc12. The van der Waals surface area contributed by atoms with E-state index in [4.69, 9.17) is 0 Å². The van der Waals surface area contributed by atoms with Crippen molar-refractivity contribution in [3.05, 3.63) is 48.2 Å². The number of anilines is 2. The fourth-order valence-corrected chi connectivity index (χ4v) is 2.10. The lowest BCUT2D eigenvalue weighted by molar-refractivity contribution is 0.817. The van der Waals surface area contributed by atoms with Gasteiger partial charge in [-0.3, -0.25) is 5.10 Å². The van der Waals surface area contributed by atoms with Gasteiger partial charge in [-0.15, -0.1) is 0 Å². The van der Waals surface area contributed by atoms with E-state index >= 15 is 0 Å². The summed E-state index contributed by atoms with van der Waals surface area (Å²) in [6, 6.07) is 14.0. The van der Waals surface area contributed by atoms with Crippen molar-refractivity contribution in [1.29, 1.82) is 0 Å². The third kappa shape index (κ3) is 2.29. The van der Waals surface area contributed by atoms with E-state index in [1.165, 1.54) is 0 Å². The van der Waals surface area contributed by atoms with E-state index in [1.807, 2.05) is 36.4 Å². The Morgan fingerprint density at radius 2 is 1.84 bits per heavy atom. The smallest absolute Gasteiger partial charge is 0.183 e. The van der Waals surface area contributed by atoms with Crippen LogP contribution in [0.1, 0.15) is 25.5 Å². The van der Waals surface area contributed by atoms with Gasteiger partial charge in [0, 0.05) is 16.8 Å². The second kappa shape index (κ2) is 4.72. The fraction of sp³-hybridized carbons (Fsp3) is 0.200. The summed E-state index contributed by atoms with van der Waals surface area (Å²) in [6.07, 6.45) is 0. The Balaban J connectivity index is 1.94.